The summed E-state index contributed by atoms with van der Waals surface area (Å²) in [6.45, 7) is 4.71. The fraction of sp³-hybridized carbons (Fsp3) is 0.333. The minimum Gasteiger partial charge on any atom is -0.478 e. The number of halogens is 3. The van der Waals surface area contributed by atoms with E-state index in [1.807, 2.05) is 6.07 Å². The summed E-state index contributed by atoms with van der Waals surface area (Å²) in [6, 6.07) is 6.13. The Bertz CT molecular complexity index is 1010. The SMILES string of the molecule is Cc1cc(I)ccc1Nc1c(C(=O)O)cc(C(=O)N2CCN(CCN)CC2)c(F)c1F. The highest BCUT2D eigenvalue weighted by Gasteiger charge is 2.29. The minimum absolute atomic E-state index is 0.324. The molecule has 1 saturated heterocycles. The van der Waals surface area contributed by atoms with E-state index in [1.54, 1.807) is 19.1 Å². The molecule has 0 aliphatic carbocycles. The molecule has 0 atom stereocenters. The van der Waals surface area contributed by atoms with Gasteiger partial charge in [-0.05, 0) is 59.3 Å². The van der Waals surface area contributed by atoms with Crippen LogP contribution in [0, 0.1) is 22.1 Å². The van der Waals surface area contributed by atoms with Crippen molar-refractivity contribution in [1.29, 1.82) is 0 Å². The predicted molar refractivity (Wildman–Crippen MR) is 122 cm³/mol. The van der Waals surface area contributed by atoms with Crippen molar-refractivity contribution in [3.63, 3.8) is 0 Å². The molecule has 3 rings (SSSR count). The number of hydrogen-bond acceptors (Lipinski definition) is 5. The lowest BCUT2D eigenvalue weighted by Gasteiger charge is -2.34. The number of nitrogens with one attached hydrogen (secondary N) is 1. The third-order valence-electron chi connectivity index (χ3n) is 5.22. The first-order chi connectivity index (χ1) is 14.7. The second kappa shape index (κ2) is 9.88. The summed E-state index contributed by atoms with van der Waals surface area (Å²) >= 11 is 2.11. The molecule has 31 heavy (non-hydrogen) atoms. The van der Waals surface area contributed by atoms with Gasteiger partial charge in [-0.2, -0.15) is 0 Å². The average molecular weight is 544 g/mol. The Hall–Kier alpha value is -2.31. The molecule has 1 amide bonds. The lowest BCUT2D eigenvalue weighted by molar-refractivity contribution is 0.0635. The van der Waals surface area contributed by atoms with Crippen LogP contribution in [0.4, 0.5) is 20.2 Å². The van der Waals surface area contributed by atoms with Crippen molar-refractivity contribution in [3.8, 4) is 0 Å². The largest absolute Gasteiger partial charge is 0.478 e. The maximum absolute atomic E-state index is 15.0. The van der Waals surface area contributed by atoms with Crippen LogP contribution in [-0.2, 0) is 0 Å². The Kier molecular flexibility index (Phi) is 7.44. The Labute approximate surface area is 192 Å². The minimum atomic E-state index is -1.47. The first-order valence-electron chi connectivity index (χ1n) is 9.73. The molecule has 0 radical (unpaired) electrons. The van der Waals surface area contributed by atoms with Gasteiger partial charge >= 0.3 is 5.97 Å². The standard InChI is InChI=1S/C21H23F2IN4O3/c1-12-10-13(24)2-3-16(12)26-19-15(21(30)31)11-14(17(22)18(19)23)20(29)28-8-6-27(5-4-25)7-9-28/h2-3,10-11,26H,4-9,25H2,1H3,(H,30,31). The number of nitrogens with two attached hydrogens (primary N) is 1. The first-order valence-corrected chi connectivity index (χ1v) is 10.8. The van der Waals surface area contributed by atoms with E-state index in [4.69, 9.17) is 5.73 Å². The van der Waals surface area contributed by atoms with Crippen LogP contribution in [0.25, 0.3) is 0 Å². The third kappa shape index (κ3) is 5.13. The quantitative estimate of drug-likeness (QED) is 0.484. The molecule has 0 spiro atoms. The van der Waals surface area contributed by atoms with Crippen molar-refractivity contribution in [3.05, 3.63) is 56.2 Å². The molecule has 0 bridgehead atoms. The maximum Gasteiger partial charge on any atom is 0.337 e. The number of amides is 1. The molecular weight excluding hydrogens is 521 g/mol. The second-order valence-corrected chi connectivity index (χ2v) is 8.53. The summed E-state index contributed by atoms with van der Waals surface area (Å²) in [7, 11) is 0. The van der Waals surface area contributed by atoms with Gasteiger partial charge in [0.05, 0.1) is 16.8 Å². The topological polar surface area (TPSA) is 98.9 Å². The number of carbonyl (C=O) groups is 2. The van der Waals surface area contributed by atoms with E-state index in [2.05, 4.69) is 32.8 Å². The van der Waals surface area contributed by atoms with Crippen LogP contribution in [0.3, 0.4) is 0 Å². The van der Waals surface area contributed by atoms with E-state index in [1.165, 1.54) is 4.90 Å². The first kappa shape index (κ1) is 23.4. The van der Waals surface area contributed by atoms with E-state index in [-0.39, 0.29) is 0 Å². The van der Waals surface area contributed by atoms with Crippen molar-refractivity contribution in [2.24, 2.45) is 5.73 Å². The van der Waals surface area contributed by atoms with Gasteiger partial charge in [-0.15, -0.1) is 0 Å². The fourth-order valence-electron chi connectivity index (χ4n) is 3.50. The molecule has 2 aromatic carbocycles. The fourth-order valence-corrected chi connectivity index (χ4v) is 4.15. The lowest BCUT2D eigenvalue weighted by atomic mass is 10.0. The Morgan fingerprint density at radius 3 is 2.39 bits per heavy atom. The summed E-state index contributed by atoms with van der Waals surface area (Å²) < 4.78 is 30.8. The van der Waals surface area contributed by atoms with Gasteiger partial charge in [0.2, 0.25) is 0 Å². The highest BCUT2D eigenvalue weighted by molar-refractivity contribution is 14.1. The summed E-state index contributed by atoms with van der Waals surface area (Å²) in [5, 5.41) is 12.3. The Balaban J connectivity index is 1.93. The number of carboxylic acid groups (broad SMARTS) is 1. The smallest absolute Gasteiger partial charge is 0.337 e. The van der Waals surface area contributed by atoms with Crippen LogP contribution in [0.2, 0.25) is 0 Å². The van der Waals surface area contributed by atoms with Gasteiger partial charge < -0.3 is 21.1 Å². The van der Waals surface area contributed by atoms with E-state index in [0.29, 0.717) is 45.0 Å². The lowest BCUT2D eigenvalue weighted by Crippen LogP contribution is -2.50. The zero-order valence-electron chi connectivity index (χ0n) is 16.9. The molecule has 0 saturated carbocycles. The van der Waals surface area contributed by atoms with Crippen LogP contribution in [-0.4, -0.2) is 66.1 Å². The highest BCUT2D eigenvalue weighted by Crippen LogP contribution is 2.31. The van der Waals surface area contributed by atoms with Gasteiger partial charge in [-0.1, -0.05) is 0 Å². The van der Waals surface area contributed by atoms with Crippen LogP contribution in [0.15, 0.2) is 24.3 Å². The number of carbonyl (C=O) groups excluding carboxylic acids is 1. The molecule has 1 aliphatic heterocycles. The molecule has 166 valence electrons. The summed E-state index contributed by atoms with van der Waals surface area (Å²) in [6.07, 6.45) is 0. The van der Waals surface area contributed by atoms with Gasteiger partial charge in [-0.3, -0.25) is 9.69 Å². The zero-order valence-corrected chi connectivity index (χ0v) is 19.1. The zero-order chi connectivity index (χ0) is 22.7. The summed E-state index contributed by atoms with van der Waals surface area (Å²) in [5.41, 5.74) is 5.09. The molecule has 2 aromatic rings. The van der Waals surface area contributed by atoms with Gasteiger partial charge in [-0.25, -0.2) is 13.6 Å². The molecule has 10 heteroatoms. The van der Waals surface area contributed by atoms with E-state index >= 15 is 0 Å². The molecule has 7 nitrogen and oxygen atoms in total. The highest BCUT2D eigenvalue weighted by atomic mass is 127. The number of hydrogen-bond donors (Lipinski definition) is 3. The van der Waals surface area contributed by atoms with Gasteiger partial charge in [0, 0.05) is 48.5 Å². The third-order valence-corrected chi connectivity index (χ3v) is 5.89. The summed E-state index contributed by atoms with van der Waals surface area (Å²) in [4.78, 5) is 28.1. The number of carboxylic acids is 1. The molecule has 1 heterocycles. The Morgan fingerprint density at radius 1 is 1.13 bits per heavy atom. The van der Waals surface area contributed by atoms with E-state index in [9.17, 15) is 23.5 Å². The van der Waals surface area contributed by atoms with Crippen molar-refractivity contribution >= 4 is 45.8 Å². The van der Waals surface area contributed by atoms with Gasteiger partial charge in [0.15, 0.2) is 11.6 Å². The summed E-state index contributed by atoms with van der Waals surface area (Å²) in [5.74, 6) is -4.97. The van der Waals surface area contributed by atoms with Crippen LogP contribution in [0.1, 0.15) is 26.3 Å². The van der Waals surface area contributed by atoms with E-state index in [0.717, 1.165) is 15.2 Å². The monoisotopic (exact) mass is 544 g/mol. The predicted octanol–water partition coefficient (Wildman–Crippen LogP) is 3.04. The van der Waals surface area contributed by atoms with Crippen LogP contribution in [0.5, 0.6) is 0 Å². The van der Waals surface area contributed by atoms with Crippen LogP contribution >= 0.6 is 22.6 Å². The van der Waals surface area contributed by atoms with E-state index < -0.39 is 40.3 Å². The molecule has 4 N–H and O–H groups in total. The van der Waals surface area contributed by atoms with Crippen LogP contribution < -0.4 is 11.1 Å². The number of rotatable bonds is 6. The second-order valence-electron chi connectivity index (χ2n) is 7.29. The normalized spacial score (nSPS) is 14.5. The number of nitrogens with zero attached hydrogens (tertiary/aromatic N) is 2. The van der Waals surface area contributed by atoms with Gasteiger partial charge in [0.25, 0.3) is 5.91 Å². The number of aryl methyl sites for hydroxylation is 1. The average Bonchev–Trinajstić information content (AvgIpc) is 2.73. The number of anilines is 2. The maximum atomic E-state index is 15.0. The molecule has 0 unspecified atom stereocenters. The molecule has 0 aromatic heterocycles. The molecule has 1 fully saturated rings. The van der Waals surface area contributed by atoms with Gasteiger partial charge in [0.1, 0.15) is 0 Å². The molecular formula is C21H23F2IN4O3. The number of aromatic carboxylic acids is 1. The molecule has 1 aliphatic rings. The Morgan fingerprint density at radius 2 is 1.81 bits per heavy atom. The number of benzene rings is 2. The van der Waals surface area contributed by atoms with Crippen molar-refractivity contribution in [1.82, 2.24) is 9.80 Å². The van der Waals surface area contributed by atoms with Crippen molar-refractivity contribution < 1.29 is 23.5 Å². The van der Waals surface area contributed by atoms with Crippen molar-refractivity contribution in [2.75, 3.05) is 44.6 Å². The van der Waals surface area contributed by atoms with Crippen molar-refractivity contribution in [2.45, 2.75) is 6.92 Å². The number of piperazine rings is 1.